The number of hydrogen-bond acceptors (Lipinski definition) is 3. The fourth-order valence-corrected chi connectivity index (χ4v) is 1.54. The maximum atomic E-state index is 5.99. The quantitative estimate of drug-likeness (QED) is 0.512. The molecule has 0 unspecified atom stereocenters. The van der Waals surface area contributed by atoms with Crippen molar-refractivity contribution in [3.63, 3.8) is 0 Å². The van der Waals surface area contributed by atoms with E-state index in [4.69, 9.17) is 22.2 Å². The minimum absolute atomic E-state index is 0.583. The molecule has 4 heteroatoms. The summed E-state index contributed by atoms with van der Waals surface area (Å²) in [4.78, 5) is 0. The average Bonchev–Trinajstić information content (AvgIpc) is 2.35. The van der Waals surface area contributed by atoms with Crippen molar-refractivity contribution in [1.29, 1.82) is 0 Å². The topological polar surface area (TPSA) is 47.6 Å². The zero-order valence-electron chi connectivity index (χ0n) is 9.01. The molecule has 0 heterocycles. The van der Waals surface area contributed by atoms with E-state index in [1.807, 2.05) is 42.5 Å². The summed E-state index contributed by atoms with van der Waals surface area (Å²) in [6.45, 7) is 0. The highest BCUT2D eigenvalue weighted by Crippen LogP contribution is 2.28. The zero-order chi connectivity index (χ0) is 12.1. The summed E-state index contributed by atoms with van der Waals surface area (Å²) in [5.41, 5.74) is 0.916. The van der Waals surface area contributed by atoms with Gasteiger partial charge in [-0.2, -0.15) is 5.10 Å². The predicted molar refractivity (Wildman–Crippen MR) is 69.7 cm³/mol. The van der Waals surface area contributed by atoms with Crippen molar-refractivity contribution in [3.05, 3.63) is 59.1 Å². The van der Waals surface area contributed by atoms with Crippen LogP contribution in [0.15, 0.2) is 53.6 Å². The molecule has 2 rings (SSSR count). The Bertz CT molecular complexity index is 523. The molecule has 0 saturated carbocycles. The summed E-state index contributed by atoms with van der Waals surface area (Å²) in [5, 5.41) is 4.03. The molecule has 0 spiro atoms. The molecule has 0 amide bonds. The first-order valence-corrected chi connectivity index (χ1v) is 5.43. The summed E-state index contributed by atoms with van der Waals surface area (Å²) in [6.07, 6.45) is 1.57. The zero-order valence-corrected chi connectivity index (χ0v) is 9.76. The van der Waals surface area contributed by atoms with Gasteiger partial charge in [0, 0.05) is 0 Å². The third-order valence-electron chi connectivity index (χ3n) is 2.17. The minimum Gasteiger partial charge on any atom is -0.456 e. The molecule has 0 bridgehead atoms. The normalized spacial score (nSPS) is 10.6. The first kappa shape index (κ1) is 11.5. The second-order valence-corrected chi connectivity index (χ2v) is 3.79. The van der Waals surface area contributed by atoms with Gasteiger partial charge in [-0.15, -0.1) is 0 Å². The lowest BCUT2D eigenvalue weighted by atomic mass is 10.2. The lowest BCUT2D eigenvalue weighted by molar-refractivity contribution is 0.483. The highest BCUT2D eigenvalue weighted by atomic mass is 35.5. The van der Waals surface area contributed by atoms with Gasteiger partial charge in [-0.1, -0.05) is 23.7 Å². The van der Waals surface area contributed by atoms with Gasteiger partial charge in [0.15, 0.2) is 0 Å². The van der Waals surface area contributed by atoms with Gasteiger partial charge in [0.1, 0.15) is 11.5 Å². The molecule has 2 aromatic rings. The van der Waals surface area contributed by atoms with E-state index in [1.165, 1.54) is 0 Å². The number of halogens is 1. The molecule has 86 valence electrons. The summed E-state index contributed by atoms with van der Waals surface area (Å²) in [7, 11) is 0. The van der Waals surface area contributed by atoms with Gasteiger partial charge in [-0.25, -0.2) is 0 Å². The van der Waals surface area contributed by atoms with E-state index in [9.17, 15) is 0 Å². The molecular weight excluding hydrogens is 236 g/mol. The molecule has 0 atom stereocenters. The highest BCUT2D eigenvalue weighted by molar-refractivity contribution is 6.32. The molecule has 2 N–H and O–H groups in total. The van der Waals surface area contributed by atoms with E-state index in [-0.39, 0.29) is 0 Å². The van der Waals surface area contributed by atoms with Crippen molar-refractivity contribution in [1.82, 2.24) is 0 Å². The highest BCUT2D eigenvalue weighted by Gasteiger charge is 2.01. The van der Waals surface area contributed by atoms with E-state index in [0.29, 0.717) is 16.5 Å². The van der Waals surface area contributed by atoms with Gasteiger partial charge < -0.3 is 10.6 Å². The van der Waals surface area contributed by atoms with Crippen LogP contribution in [0, 0.1) is 0 Å². The molecule has 17 heavy (non-hydrogen) atoms. The standard InChI is InChI=1S/C13H11ClN2O/c14-12-3-1-2-4-13(12)17-11-7-5-10(6-8-11)9-16-15/h1-9H,15H2. The Kier molecular flexibility index (Phi) is 3.62. The fourth-order valence-electron chi connectivity index (χ4n) is 1.36. The smallest absolute Gasteiger partial charge is 0.146 e. The molecule has 0 aliphatic carbocycles. The van der Waals surface area contributed by atoms with Crippen LogP contribution < -0.4 is 10.6 Å². The Labute approximate surface area is 104 Å². The van der Waals surface area contributed by atoms with Crippen molar-refractivity contribution >= 4 is 17.8 Å². The first-order chi connectivity index (χ1) is 8.29. The Morgan fingerprint density at radius 1 is 1.06 bits per heavy atom. The van der Waals surface area contributed by atoms with Gasteiger partial charge in [0.05, 0.1) is 11.2 Å². The van der Waals surface area contributed by atoms with Gasteiger partial charge in [0.2, 0.25) is 0 Å². The minimum atomic E-state index is 0.583. The summed E-state index contributed by atoms with van der Waals surface area (Å²) < 4.78 is 5.63. The van der Waals surface area contributed by atoms with E-state index in [0.717, 1.165) is 5.56 Å². The van der Waals surface area contributed by atoms with Crippen LogP contribution in [0.25, 0.3) is 0 Å². The lowest BCUT2D eigenvalue weighted by Gasteiger charge is -2.07. The van der Waals surface area contributed by atoms with E-state index in [1.54, 1.807) is 12.3 Å². The fraction of sp³-hybridized carbons (Fsp3) is 0. The molecular formula is C13H11ClN2O. The van der Waals surface area contributed by atoms with E-state index in [2.05, 4.69) is 5.10 Å². The van der Waals surface area contributed by atoms with E-state index >= 15 is 0 Å². The van der Waals surface area contributed by atoms with Crippen molar-refractivity contribution in [3.8, 4) is 11.5 Å². The van der Waals surface area contributed by atoms with Crippen molar-refractivity contribution in [2.45, 2.75) is 0 Å². The maximum absolute atomic E-state index is 5.99. The van der Waals surface area contributed by atoms with Gasteiger partial charge >= 0.3 is 0 Å². The number of rotatable bonds is 3. The predicted octanol–water partition coefficient (Wildman–Crippen LogP) is 3.42. The van der Waals surface area contributed by atoms with Crippen LogP contribution in [0.5, 0.6) is 11.5 Å². The summed E-state index contributed by atoms with van der Waals surface area (Å²) >= 11 is 5.99. The van der Waals surface area contributed by atoms with Gasteiger partial charge in [-0.3, -0.25) is 0 Å². The monoisotopic (exact) mass is 246 g/mol. The Balaban J connectivity index is 2.17. The van der Waals surface area contributed by atoms with Crippen LogP contribution in [0.4, 0.5) is 0 Å². The van der Waals surface area contributed by atoms with E-state index < -0.39 is 0 Å². The maximum Gasteiger partial charge on any atom is 0.146 e. The van der Waals surface area contributed by atoms with Crippen molar-refractivity contribution in [2.24, 2.45) is 10.9 Å². The SMILES string of the molecule is NN=Cc1ccc(Oc2ccccc2Cl)cc1. The second-order valence-electron chi connectivity index (χ2n) is 3.38. The van der Waals surface area contributed by atoms with Crippen molar-refractivity contribution in [2.75, 3.05) is 0 Å². The summed E-state index contributed by atoms with van der Waals surface area (Å²) in [5.74, 6) is 6.41. The number of ether oxygens (including phenoxy) is 1. The number of para-hydroxylation sites is 1. The molecule has 2 aromatic carbocycles. The Hall–Kier alpha value is -2.00. The number of benzene rings is 2. The molecule has 0 aliphatic rings. The number of hydrogen-bond donors (Lipinski definition) is 1. The Morgan fingerprint density at radius 3 is 2.41 bits per heavy atom. The van der Waals surface area contributed by atoms with Crippen LogP contribution in [0.3, 0.4) is 0 Å². The number of nitrogens with zero attached hydrogens (tertiary/aromatic N) is 1. The average molecular weight is 247 g/mol. The van der Waals surface area contributed by atoms with Crippen LogP contribution >= 0.6 is 11.6 Å². The molecule has 0 aromatic heterocycles. The number of hydrazone groups is 1. The molecule has 3 nitrogen and oxygen atoms in total. The molecule has 0 saturated heterocycles. The van der Waals surface area contributed by atoms with Gasteiger partial charge in [-0.05, 0) is 42.0 Å². The number of nitrogens with two attached hydrogens (primary N) is 1. The first-order valence-electron chi connectivity index (χ1n) is 5.05. The second kappa shape index (κ2) is 5.37. The third kappa shape index (κ3) is 2.98. The van der Waals surface area contributed by atoms with Crippen LogP contribution in [0.2, 0.25) is 5.02 Å². The lowest BCUT2D eigenvalue weighted by Crippen LogP contribution is -1.88. The van der Waals surface area contributed by atoms with Crippen LogP contribution in [-0.2, 0) is 0 Å². The Morgan fingerprint density at radius 2 is 1.76 bits per heavy atom. The van der Waals surface area contributed by atoms with Crippen LogP contribution in [0.1, 0.15) is 5.56 Å². The molecule has 0 fully saturated rings. The largest absolute Gasteiger partial charge is 0.456 e. The third-order valence-corrected chi connectivity index (χ3v) is 2.48. The van der Waals surface area contributed by atoms with Gasteiger partial charge in [0.25, 0.3) is 0 Å². The van der Waals surface area contributed by atoms with Crippen LogP contribution in [-0.4, -0.2) is 6.21 Å². The van der Waals surface area contributed by atoms with Crippen molar-refractivity contribution < 1.29 is 4.74 Å². The molecule has 0 radical (unpaired) electrons. The molecule has 0 aliphatic heterocycles. The summed E-state index contributed by atoms with van der Waals surface area (Å²) in [6, 6.07) is 14.7.